The molecule has 1 atom stereocenters. The fraction of sp³-hybridized carbons (Fsp3) is 0.357. The maximum absolute atomic E-state index is 5.65. The zero-order valence-electron chi connectivity index (χ0n) is 10.7. The van der Waals surface area contributed by atoms with Gasteiger partial charge in [0.1, 0.15) is 0 Å². The third kappa shape index (κ3) is 2.42. The Bertz CT molecular complexity index is 543. The first-order valence-corrected chi connectivity index (χ1v) is 6.57. The second-order valence-electron chi connectivity index (χ2n) is 4.68. The van der Waals surface area contributed by atoms with E-state index in [4.69, 9.17) is 5.73 Å². The Labute approximate surface area is 112 Å². The highest BCUT2D eigenvalue weighted by Gasteiger charge is 2.27. The molecule has 1 aliphatic heterocycles. The fourth-order valence-corrected chi connectivity index (χ4v) is 2.57. The van der Waals surface area contributed by atoms with Crippen LogP contribution in [0, 0.1) is 0 Å². The maximum atomic E-state index is 5.65. The van der Waals surface area contributed by atoms with Gasteiger partial charge in [0, 0.05) is 31.7 Å². The minimum absolute atomic E-state index is 0.344. The molecule has 0 radical (unpaired) electrons. The first kappa shape index (κ1) is 12.0. The van der Waals surface area contributed by atoms with Gasteiger partial charge in [-0.1, -0.05) is 0 Å². The molecule has 3 heterocycles. The minimum Gasteiger partial charge on any atom is -0.334 e. The molecule has 19 heavy (non-hydrogen) atoms. The van der Waals surface area contributed by atoms with E-state index in [0.29, 0.717) is 12.6 Å². The first-order chi connectivity index (χ1) is 9.38. The summed E-state index contributed by atoms with van der Waals surface area (Å²) >= 11 is 0. The molecule has 5 heteroatoms. The van der Waals surface area contributed by atoms with Crippen molar-refractivity contribution in [3.05, 3.63) is 48.0 Å². The van der Waals surface area contributed by atoms with Crippen molar-refractivity contribution in [2.24, 2.45) is 5.73 Å². The third-order valence-electron chi connectivity index (χ3n) is 3.51. The van der Waals surface area contributed by atoms with Crippen LogP contribution in [0.3, 0.4) is 0 Å². The van der Waals surface area contributed by atoms with Gasteiger partial charge in [-0.2, -0.15) is 0 Å². The van der Waals surface area contributed by atoms with E-state index < -0.39 is 0 Å². The molecule has 0 saturated carbocycles. The lowest BCUT2D eigenvalue weighted by Crippen LogP contribution is -2.25. The van der Waals surface area contributed by atoms with Crippen LogP contribution in [0.2, 0.25) is 0 Å². The van der Waals surface area contributed by atoms with Crippen LogP contribution in [0.25, 0.3) is 0 Å². The Kier molecular flexibility index (Phi) is 3.37. The standard InChI is InChI=1S/C14H17N5/c15-10-12-5-8-17-14(18-12)19-9-1-2-13(19)11-3-6-16-7-4-11/h3-8,13H,1-2,9-10,15H2. The van der Waals surface area contributed by atoms with Crippen molar-refractivity contribution in [3.63, 3.8) is 0 Å². The van der Waals surface area contributed by atoms with Crippen LogP contribution in [-0.2, 0) is 6.54 Å². The van der Waals surface area contributed by atoms with Crippen LogP contribution in [0.1, 0.15) is 30.1 Å². The first-order valence-electron chi connectivity index (χ1n) is 6.57. The zero-order valence-corrected chi connectivity index (χ0v) is 10.7. The minimum atomic E-state index is 0.344. The summed E-state index contributed by atoms with van der Waals surface area (Å²) in [6, 6.07) is 6.34. The lowest BCUT2D eigenvalue weighted by Gasteiger charge is -2.25. The fourth-order valence-electron chi connectivity index (χ4n) is 2.57. The van der Waals surface area contributed by atoms with Gasteiger partial charge in [-0.05, 0) is 36.6 Å². The molecule has 3 rings (SSSR count). The molecule has 1 unspecified atom stereocenters. The molecule has 1 aliphatic rings. The molecule has 5 nitrogen and oxygen atoms in total. The van der Waals surface area contributed by atoms with E-state index in [0.717, 1.165) is 31.0 Å². The lowest BCUT2D eigenvalue weighted by molar-refractivity contribution is 0.697. The van der Waals surface area contributed by atoms with E-state index in [1.165, 1.54) is 5.56 Å². The monoisotopic (exact) mass is 255 g/mol. The summed E-state index contributed by atoms with van der Waals surface area (Å²) in [5, 5.41) is 0. The molecule has 0 bridgehead atoms. The van der Waals surface area contributed by atoms with E-state index in [9.17, 15) is 0 Å². The van der Waals surface area contributed by atoms with E-state index in [1.54, 1.807) is 6.20 Å². The van der Waals surface area contributed by atoms with E-state index in [2.05, 4.69) is 32.0 Å². The molecule has 0 aromatic carbocycles. The second-order valence-corrected chi connectivity index (χ2v) is 4.68. The SMILES string of the molecule is NCc1ccnc(N2CCCC2c2ccncc2)n1. The van der Waals surface area contributed by atoms with E-state index >= 15 is 0 Å². The zero-order chi connectivity index (χ0) is 13.1. The van der Waals surface area contributed by atoms with Crippen molar-refractivity contribution < 1.29 is 0 Å². The largest absolute Gasteiger partial charge is 0.334 e. The number of hydrogen-bond acceptors (Lipinski definition) is 5. The number of rotatable bonds is 3. The van der Waals surface area contributed by atoms with Crippen LogP contribution >= 0.6 is 0 Å². The summed E-state index contributed by atoms with van der Waals surface area (Å²) in [4.78, 5) is 15.2. The van der Waals surface area contributed by atoms with Gasteiger partial charge in [0.05, 0.1) is 11.7 Å². The normalized spacial score (nSPS) is 18.8. The topological polar surface area (TPSA) is 67.9 Å². The van der Waals surface area contributed by atoms with Crippen LogP contribution in [-0.4, -0.2) is 21.5 Å². The highest BCUT2D eigenvalue weighted by molar-refractivity contribution is 5.38. The molecule has 2 N–H and O–H groups in total. The van der Waals surface area contributed by atoms with E-state index in [-0.39, 0.29) is 0 Å². The van der Waals surface area contributed by atoms with Crippen LogP contribution < -0.4 is 10.6 Å². The summed E-state index contributed by atoms with van der Waals surface area (Å²) in [6.07, 6.45) is 7.74. The van der Waals surface area contributed by atoms with Crippen LogP contribution in [0.5, 0.6) is 0 Å². The Morgan fingerprint density at radius 3 is 2.84 bits per heavy atom. The van der Waals surface area contributed by atoms with E-state index in [1.807, 2.05) is 18.5 Å². The van der Waals surface area contributed by atoms with Gasteiger partial charge in [0.25, 0.3) is 0 Å². The van der Waals surface area contributed by atoms with Gasteiger partial charge in [-0.3, -0.25) is 4.98 Å². The molecule has 2 aromatic rings. The highest BCUT2D eigenvalue weighted by Crippen LogP contribution is 2.33. The number of pyridine rings is 1. The summed E-state index contributed by atoms with van der Waals surface area (Å²) < 4.78 is 0. The van der Waals surface area contributed by atoms with Crippen molar-refractivity contribution in [1.82, 2.24) is 15.0 Å². The average Bonchev–Trinajstić information content (AvgIpc) is 2.98. The maximum Gasteiger partial charge on any atom is 0.226 e. The quantitative estimate of drug-likeness (QED) is 0.903. The summed E-state index contributed by atoms with van der Waals surface area (Å²) in [5.41, 5.74) is 7.80. The predicted octanol–water partition coefficient (Wildman–Crippen LogP) is 1.67. The summed E-state index contributed by atoms with van der Waals surface area (Å²) in [6.45, 7) is 1.43. The number of aromatic nitrogens is 3. The highest BCUT2D eigenvalue weighted by atomic mass is 15.3. The molecule has 2 aromatic heterocycles. The van der Waals surface area contributed by atoms with Gasteiger partial charge < -0.3 is 10.6 Å². The molecule has 0 aliphatic carbocycles. The molecular weight excluding hydrogens is 238 g/mol. The number of anilines is 1. The molecule has 98 valence electrons. The van der Waals surface area contributed by atoms with Gasteiger partial charge >= 0.3 is 0 Å². The van der Waals surface area contributed by atoms with Crippen molar-refractivity contribution in [2.75, 3.05) is 11.4 Å². The predicted molar refractivity (Wildman–Crippen MR) is 73.5 cm³/mol. The van der Waals surface area contributed by atoms with Crippen molar-refractivity contribution in [2.45, 2.75) is 25.4 Å². The summed E-state index contributed by atoms with van der Waals surface area (Å²) in [5.74, 6) is 0.780. The molecular formula is C14H17N5. The number of nitrogens with two attached hydrogens (primary N) is 1. The van der Waals surface area contributed by atoms with Crippen molar-refractivity contribution in [3.8, 4) is 0 Å². The summed E-state index contributed by atoms with van der Waals surface area (Å²) in [7, 11) is 0. The van der Waals surface area contributed by atoms with Gasteiger partial charge in [-0.25, -0.2) is 9.97 Å². The van der Waals surface area contributed by atoms with Crippen LogP contribution in [0.15, 0.2) is 36.8 Å². The van der Waals surface area contributed by atoms with Crippen molar-refractivity contribution >= 4 is 5.95 Å². The Balaban J connectivity index is 1.90. The van der Waals surface area contributed by atoms with Gasteiger partial charge in [0.15, 0.2) is 0 Å². The van der Waals surface area contributed by atoms with Gasteiger partial charge in [0.2, 0.25) is 5.95 Å². The smallest absolute Gasteiger partial charge is 0.226 e. The number of hydrogen-bond donors (Lipinski definition) is 1. The molecule has 1 saturated heterocycles. The van der Waals surface area contributed by atoms with Crippen LogP contribution in [0.4, 0.5) is 5.95 Å². The average molecular weight is 255 g/mol. The number of nitrogens with zero attached hydrogens (tertiary/aromatic N) is 4. The molecule has 0 amide bonds. The molecule has 1 fully saturated rings. The Hall–Kier alpha value is -2.01. The third-order valence-corrected chi connectivity index (χ3v) is 3.51. The van der Waals surface area contributed by atoms with Gasteiger partial charge in [-0.15, -0.1) is 0 Å². The van der Waals surface area contributed by atoms with Crippen molar-refractivity contribution in [1.29, 1.82) is 0 Å². The Morgan fingerprint density at radius 2 is 2.05 bits per heavy atom. The Morgan fingerprint density at radius 1 is 1.21 bits per heavy atom. The lowest BCUT2D eigenvalue weighted by atomic mass is 10.1. The molecule has 0 spiro atoms. The second kappa shape index (κ2) is 5.32.